The van der Waals surface area contributed by atoms with E-state index in [2.05, 4.69) is 0 Å². The first kappa shape index (κ1) is 17.9. The van der Waals surface area contributed by atoms with Crippen molar-refractivity contribution >= 4 is 25.8 Å². The summed E-state index contributed by atoms with van der Waals surface area (Å²) >= 11 is 0. The van der Waals surface area contributed by atoms with Crippen molar-refractivity contribution in [3.8, 4) is 0 Å². The molecule has 0 spiro atoms. The highest BCUT2D eigenvalue weighted by Gasteiger charge is 2.43. The number of sulfonamides is 1. The lowest BCUT2D eigenvalue weighted by atomic mass is 10.1. The lowest BCUT2D eigenvalue weighted by Gasteiger charge is -2.26. The molecule has 0 saturated carbocycles. The molecule has 0 bridgehead atoms. The van der Waals surface area contributed by atoms with Crippen molar-refractivity contribution in [2.45, 2.75) is 24.0 Å². The molecule has 1 fully saturated rings. The molecular formula is C13H17NO7S2. The van der Waals surface area contributed by atoms with Crippen LogP contribution in [-0.4, -0.2) is 68.0 Å². The van der Waals surface area contributed by atoms with E-state index >= 15 is 0 Å². The number of aryl methyl sites for hydroxylation is 1. The van der Waals surface area contributed by atoms with E-state index in [0.717, 1.165) is 10.4 Å². The standard InChI is InChI=1S/C13H17NO7S2/c1-8-3-4-9(13(16)17)5-12(8)23(20,21)14(2)10-6-22(18,19)7-11(10)15/h3-5,10-11,15H,6-7H2,1-2H3,(H,16,17)/t10-,11-/m1/s1. The van der Waals surface area contributed by atoms with Gasteiger partial charge in [-0.05, 0) is 24.6 Å². The van der Waals surface area contributed by atoms with Gasteiger partial charge in [0, 0.05) is 7.05 Å². The minimum absolute atomic E-state index is 0.192. The Balaban J connectivity index is 2.46. The Morgan fingerprint density at radius 3 is 2.39 bits per heavy atom. The van der Waals surface area contributed by atoms with Gasteiger partial charge in [-0.15, -0.1) is 0 Å². The van der Waals surface area contributed by atoms with Gasteiger partial charge >= 0.3 is 5.97 Å². The minimum Gasteiger partial charge on any atom is -0.478 e. The van der Waals surface area contributed by atoms with Gasteiger partial charge in [-0.1, -0.05) is 6.07 Å². The third-order valence-corrected chi connectivity index (χ3v) is 7.58. The van der Waals surface area contributed by atoms with E-state index in [0.29, 0.717) is 5.56 Å². The predicted octanol–water partition coefficient (Wildman–Crippen LogP) is -0.528. The van der Waals surface area contributed by atoms with E-state index in [1.54, 1.807) is 0 Å². The molecule has 2 N–H and O–H groups in total. The number of carboxylic acid groups (broad SMARTS) is 1. The number of carboxylic acids is 1. The maximum Gasteiger partial charge on any atom is 0.335 e. The van der Waals surface area contributed by atoms with Crippen LogP contribution in [0.15, 0.2) is 23.1 Å². The van der Waals surface area contributed by atoms with Gasteiger partial charge in [0.1, 0.15) is 0 Å². The van der Waals surface area contributed by atoms with Gasteiger partial charge in [0.2, 0.25) is 10.0 Å². The van der Waals surface area contributed by atoms with E-state index < -0.39 is 49.5 Å². The number of likely N-dealkylation sites (N-methyl/N-ethyl adjacent to an activating group) is 1. The van der Waals surface area contributed by atoms with Gasteiger partial charge in [0.25, 0.3) is 0 Å². The van der Waals surface area contributed by atoms with E-state index in [9.17, 15) is 26.7 Å². The number of hydrogen-bond donors (Lipinski definition) is 2. The summed E-state index contributed by atoms with van der Waals surface area (Å²) in [5, 5.41) is 18.8. The van der Waals surface area contributed by atoms with Crippen LogP contribution in [0, 0.1) is 6.92 Å². The third kappa shape index (κ3) is 3.39. The maximum absolute atomic E-state index is 12.7. The summed E-state index contributed by atoms with van der Waals surface area (Å²) in [5.74, 6) is -2.24. The lowest BCUT2D eigenvalue weighted by Crippen LogP contribution is -2.44. The molecular weight excluding hydrogens is 346 g/mol. The Bertz CT molecular complexity index is 845. The second kappa shape index (κ2) is 5.86. The average molecular weight is 363 g/mol. The fraction of sp³-hybridized carbons (Fsp3) is 0.462. The monoisotopic (exact) mass is 363 g/mol. The quantitative estimate of drug-likeness (QED) is 0.736. The second-order valence-corrected chi connectivity index (χ2v) is 9.64. The van der Waals surface area contributed by atoms with Crippen molar-refractivity contribution in [2.75, 3.05) is 18.6 Å². The summed E-state index contributed by atoms with van der Waals surface area (Å²) < 4.78 is 49.3. The van der Waals surface area contributed by atoms with Crippen LogP contribution in [0.4, 0.5) is 0 Å². The Kier molecular flexibility index (Phi) is 4.55. The van der Waals surface area contributed by atoms with Gasteiger partial charge in [-0.3, -0.25) is 0 Å². The fourth-order valence-electron chi connectivity index (χ4n) is 2.50. The van der Waals surface area contributed by atoms with E-state index in [-0.39, 0.29) is 10.5 Å². The smallest absolute Gasteiger partial charge is 0.335 e. The molecule has 0 aliphatic carbocycles. The molecule has 1 heterocycles. The number of sulfone groups is 1. The molecule has 2 atom stereocenters. The Labute approximate surface area is 134 Å². The average Bonchev–Trinajstić information content (AvgIpc) is 2.70. The summed E-state index contributed by atoms with van der Waals surface area (Å²) in [5.41, 5.74) is 0.138. The maximum atomic E-state index is 12.7. The zero-order valence-corrected chi connectivity index (χ0v) is 14.1. The largest absolute Gasteiger partial charge is 0.478 e. The number of aliphatic hydroxyl groups excluding tert-OH is 1. The number of rotatable bonds is 4. The Morgan fingerprint density at radius 2 is 1.91 bits per heavy atom. The summed E-state index contributed by atoms with van der Waals surface area (Å²) in [7, 11) is -6.48. The molecule has 0 aromatic heterocycles. The molecule has 1 aliphatic rings. The first-order valence-corrected chi connectivity index (χ1v) is 9.92. The van der Waals surface area contributed by atoms with Crippen LogP contribution in [0.5, 0.6) is 0 Å². The first-order valence-electron chi connectivity index (χ1n) is 6.66. The van der Waals surface area contributed by atoms with Gasteiger partial charge in [-0.25, -0.2) is 21.6 Å². The molecule has 128 valence electrons. The van der Waals surface area contributed by atoms with Crippen LogP contribution >= 0.6 is 0 Å². The minimum atomic E-state index is -4.15. The molecule has 1 aromatic carbocycles. The number of benzene rings is 1. The van der Waals surface area contributed by atoms with Gasteiger partial charge in [-0.2, -0.15) is 4.31 Å². The second-order valence-electron chi connectivity index (χ2n) is 5.52. The topological polar surface area (TPSA) is 129 Å². The molecule has 2 rings (SSSR count). The highest BCUT2D eigenvalue weighted by molar-refractivity contribution is 7.92. The van der Waals surface area contributed by atoms with Gasteiger partial charge in [0.15, 0.2) is 9.84 Å². The summed E-state index contributed by atoms with van der Waals surface area (Å²) in [6, 6.07) is 2.58. The summed E-state index contributed by atoms with van der Waals surface area (Å²) in [6.45, 7) is 1.51. The molecule has 8 nitrogen and oxygen atoms in total. The van der Waals surface area contributed by atoms with Crippen molar-refractivity contribution < 1.29 is 31.8 Å². The highest BCUT2D eigenvalue weighted by Crippen LogP contribution is 2.26. The Hall–Kier alpha value is -1.49. The number of carbonyl (C=O) groups is 1. The van der Waals surface area contributed by atoms with Crippen LogP contribution in [0.2, 0.25) is 0 Å². The van der Waals surface area contributed by atoms with Crippen LogP contribution < -0.4 is 0 Å². The molecule has 23 heavy (non-hydrogen) atoms. The van der Waals surface area contributed by atoms with Crippen LogP contribution in [0.25, 0.3) is 0 Å². The van der Waals surface area contributed by atoms with Crippen LogP contribution in [0.1, 0.15) is 15.9 Å². The highest BCUT2D eigenvalue weighted by atomic mass is 32.2. The molecule has 1 aromatic rings. The van der Waals surface area contributed by atoms with Gasteiger partial charge in [0.05, 0.1) is 34.1 Å². The zero-order valence-electron chi connectivity index (χ0n) is 12.5. The lowest BCUT2D eigenvalue weighted by molar-refractivity contribution is 0.0696. The number of aliphatic hydroxyl groups is 1. The molecule has 0 amide bonds. The van der Waals surface area contributed by atoms with Crippen molar-refractivity contribution in [1.82, 2.24) is 4.31 Å². The predicted molar refractivity (Wildman–Crippen MR) is 81.5 cm³/mol. The van der Waals surface area contributed by atoms with Crippen molar-refractivity contribution in [1.29, 1.82) is 0 Å². The molecule has 0 radical (unpaired) electrons. The first-order chi connectivity index (χ1) is 10.5. The van der Waals surface area contributed by atoms with Crippen LogP contribution in [-0.2, 0) is 19.9 Å². The van der Waals surface area contributed by atoms with E-state index in [1.807, 2.05) is 0 Å². The van der Waals surface area contributed by atoms with E-state index in [4.69, 9.17) is 5.11 Å². The molecule has 1 saturated heterocycles. The summed E-state index contributed by atoms with van der Waals surface area (Å²) in [4.78, 5) is 10.8. The third-order valence-electron chi connectivity index (χ3n) is 3.85. The van der Waals surface area contributed by atoms with Crippen molar-refractivity contribution in [3.63, 3.8) is 0 Å². The van der Waals surface area contributed by atoms with Crippen LogP contribution in [0.3, 0.4) is 0 Å². The molecule has 10 heteroatoms. The molecule has 1 aliphatic heterocycles. The van der Waals surface area contributed by atoms with E-state index in [1.165, 1.54) is 26.1 Å². The summed E-state index contributed by atoms with van der Waals surface area (Å²) in [6.07, 6.45) is -1.32. The number of aromatic carboxylic acids is 1. The van der Waals surface area contributed by atoms with Gasteiger partial charge < -0.3 is 10.2 Å². The Morgan fingerprint density at radius 1 is 1.30 bits per heavy atom. The zero-order chi connectivity index (χ0) is 17.6. The normalized spacial score (nSPS) is 24.0. The van der Waals surface area contributed by atoms with Crippen molar-refractivity contribution in [3.05, 3.63) is 29.3 Å². The fourth-order valence-corrected chi connectivity index (χ4v) is 6.07. The molecule has 0 unspecified atom stereocenters. The SMILES string of the molecule is Cc1ccc(C(=O)O)cc1S(=O)(=O)N(C)[C@@H]1CS(=O)(=O)C[C@H]1O. The number of nitrogens with zero attached hydrogens (tertiary/aromatic N) is 1. The number of hydrogen-bond acceptors (Lipinski definition) is 6. The van der Waals surface area contributed by atoms with Crippen molar-refractivity contribution in [2.24, 2.45) is 0 Å².